The van der Waals surface area contributed by atoms with Crippen LogP contribution in [-0.2, 0) is 6.18 Å². The maximum atomic E-state index is 12.4. The quantitative estimate of drug-likeness (QED) is 0.617. The van der Waals surface area contributed by atoms with E-state index in [1.54, 1.807) is 0 Å². The van der Waals surface area contributed by atoms with Crippen LogP contribution in [0.1, 0.15) is 37.9 Å². The SMILES string of the molecule is CC(C)C(C)c1ccc(C(F)(F)F)[n+](O)c1. The molecular formula is C11H15F3NO+. The van der Waals surface area contributed by atoms with Gasteiger partial charge in [0, 0.05) is 16.4 Å². The molecule has 0 aliphatic rings. The number of rotatable bonds is 2. The van der Waals surface area contributed by atoms with Gasteiger partial charge in [-0.15, -0.1) is 0 Å². The predicted octanol–water partition coefficient (Wildman–Crippen LogP) is 2.99. The molecule has 0 aromatic carbocycles. The molecule has 16 heavy (non-hydrogen) atoms. The first-order valence-electron chi connectivity index (χ1n) is 5.05. The molecule has 1 aromatic rings. The summed E-state index contributed by atoms with van der Waals surface area (Å²) in [5.41, 5.74) is -0.377. The number of hydrogen-bond donors (Lipinski definition) is 1. The van der Waals surface area contributed by atoms with Crippen LogP contribution < -0.4 is 4.73 Å². The summed E-state index contributed by atoms with van der Waals surface area (Å²) in [5, 5.41) is 9.25. The molecule has 2 nitrogen and oxygen atoms in total. The summed E-state index contributed by atoms with van der Waals surface area (Å²) in [6, 6.07) is 2.30. The maximum absolute atomic E-state index is 12.4. The monoisotopic (exact) mass is 234 g/mol. The molecule has 90 valence electrons. The average molecular weight is 234 g/mol. The van der Waals surface area contributed by atoms with Crippen LogP contribution in [0.3, 0.4) is 0 Å². The fourth-order valence-electron chi connectivity index (χ4n) is 1.38. The van der Waals surface area contributed by atoms with Gasteiger partial charge in [0.2, 0.25) is 6.20 Å². The number of aromatic nitrogens is 1. The highest BCUT2D eigenvalue weighted by atomic mass is 19.4. The van der Waals surface area contributed by atoms with Gasteiger partial charge in [-0.2, -0.15) is 13.2 Å². The van der Waals surface area contributed by atoms with Gasteiger partial charge in [-0.05, 0) is 17.9 Å². The van der Waals surface area contributed by atoms with E-state index in [9.17, 15) is 18.4 Å². The molecule has 1 heterocycles. The van der Waals surface area contributed by atoms with Gasteiger partial charge in [0.1, 0.15) is 0 Å². The molecule has 0 radical (unpaired) electrons. The zero-order valence-electron chi connectivity index (χ0n) is 9.42. The van der Waals surface area contributed by atoms with Gasteiger partial charge in [0.05, 0.1) is 0 Å². The van der Waals surface area contributed by atoms with E-state index in [2.05, 4.69) is 0 Å². The second kappa shape index (κ2) is 4.31. The van der Waals surface area contributed by atoms with E-state index in [4.69, 9.17) is 0 Å². The van der Waals surface area contributed by atoms with Crippen molar-refractivity contribution < 1.29 is 23.1 Å². The lowest BCUT2D eigenvalue weighted by Gasteiger charge is -2.14. The standard InChI is InChI=1S/C11H15F3NO/c1-7(2)8(3)9-4-5-10(11(12,13)14)15(16)6-9/h4-8,16H,1-3H3/q+1. The minimum Gasteiger partial charge on any atom is -0.285 e. The minimum atomic E-state index is -4.53. The molecule has 0 saturated heterocycles. The van der Waals surface area contributed by atoms with E-state index >= 15 is 0 Å². The second-order valence-electron chi connectivity index (χ2n) is 4.22. The van der Waals surface area contributed by atoms with Crippen LogP contribution in [0.15, 0.2) is 18.3 Å². The van der Waals surface area contributed by atoms with Crippen molar-refractivity contribution in [1.82, 2.24) is 0 Å². The maximum Gasteiger partial charge on any atom is 0.482 e. The molecule has 1 unspecified atom stereocenters. The first-order chi connectivity index (χ1) is 7.23. The van der Waals surface area contributed by atoms with Crippen molar-refractivity contribution in [2.75, 3.05) is 0 Å². The minimum absolute atomic E-state index is 0.0979. The summed E-state index contributed by atoms with van der Waals surface area (Å²) in [5.74, 6) is 0.400. The van der Waals surface area contributed by atoms with Crippen LogP contribution in [-0.4, -0.2) is 5.21 Å². The van der Waals surface area contributed by atoms with Crippen molar-refractivity contribution in [3.05, 3.63) is 29.6 Å². The summed E-state index contributed by atoms with van der Waals surface area (Å²) in [7, 11) is 0. The lowest BCUT2D eigenvalue weighted by molar-refractivity contribution is -0.915. The molecule has 5 heteroatoms. The van der Waals surface area contributed by atoms with Crippen LogP contribution in [0.4, 0.5) is 13.2 Å². The van der Waals surface area contributed by atoms with E-state index in [1.807, 2.05) is 20.8 Å². The predicted molar refractivity (Wildman–Crippen MR) is 52.1 cm³/mol. The van der Waals surface area contributed by atoms with Gasteiger partial charge in [-0.1, -0.05) is 20.8 Å². The topological polar surface area (TPSA) is 24.1 Å². The van der Waals surface area contributed by atoms with Crippen molar-refractivity contribution in [3.8, 4) is 0 Å². The molecule has 0 fully saturated rings. The lowest BCUT2D eigenvalue weighted by Crippen LogP contribution is -2.39. The largest absolute Gasteiger partial charge is 0.482 e. The van der Waals surface area contributed by atoms with Crippen molar-refractivity contribution in [3.63, 3.8) is 0 Å². The summed E-state index contributed by atoms with van der Waals surface area (Å²) in [6.07, 6.45) is -3.41. The van der Waals surface area contributed by atoms with Gasteiger partial charge in [0.15, 0.2) is 0 Å². The third-order valence-corrected chi connectivity index (χ3v) is 2.77. The molecule has 1 rings (SSSR count). The molecule has 1 atom stereocenters. The summed E-state index contributed by atoms with van der Waals surface area (Å²) >= 11 is 0. The van der Waals surface area contributed by atoms with Crippen molar-refractivity contribution in [2.45, 2.75) is 32.9 Å². The summed E-state index contributed by atoms with van der Waals surface area (Å²) in [4.78, 5) is 0. The normalized spacial score (nSPS) is 14.2. The van der Waals surface area contributed by atoms with E-state index in [1.165, 1.54) is 6.07 Å². The molecule has 0 saturated carbocycles. The molecular weight excluding hydrogens is 219 g/mol. The highest BCUT2D eigenvalue weighted by Gasteiger charge is 2.42. The highest BCUT2D eigenvalue weighted by molar-refractivity contribution is 5.15. The molecule has 1 aromatic heterocycles. The fourth-order valence-corrected chi connectivity index (χ4v) is 1.38. The Balaban J connectivity index is 3.09. The number of pyridine rings is 1. The Morgan fingerprint density at radius 2 is 1.75 bits per heavy atom. The van der Waals surface area contributed by atoms with Crippen molar-refractivity contribution in [1.29, 1.82) is 0 Å². The van der Waals surface area contributed by atoms with Gasteiger partial charge in [-0.3, -0.25) is 5.21 Å². The summed E-state index contributed by atoms with van der Waals surface area (Å²) < 4.78 is 37.2. The summed E-state index contributed by atoms with van der Waals surface area (Å²) in [6.45, 7) is 5.86. The van der Waals surface area contributed by atoms with E-state index < -0.39 is 11.9 Å². The van der Waals surface area contributed by atoms with Crippen molar-refractivity contribution in [2.24, 2.45) is 5.92 Å². The molecule has 0 aliphatic heterocycles. The molecule has 0 amide bonds. The van der Waals surface area contributed by atoms with E-state index in [0.717, 1.165) is 12.3 Å². The van der Waals surface area contributed by atoms with Crippen molar-refractivity contribution >= 4 is 0 Å². The molecule has 0 aliphatic carbocycles. The van der Waals surface area contributed by atoms with Crippen LogP contribution in [0, 0.1) is 5.92 Å². The van der Waals surface area contributed by atoms with Crippen LogP contribution in [0.2, 0.25) is 0 Å². The Hall–Kier alpha value is -1.26. The highest BCUT2D eigenvalue weighted by Crippen LogP contribution is 2.28. The third-order valence-electron chi connectivity index (χ3n) is 2.77. The molecule has 0 spiro atoms. The molecule has 0 bridgehead atoms. The van der Waals surface area contributed by atoms with E-state index in [-0.39, 0.29) is 10.6 Å². The Kier molecular flexibility index (Phi) is 3.45. The lowest BCUT2D eigenvalue weighted by atomic mass is 9.91. The zero-order valence-corrected chi connectivity index (χ0v) is 9.42. The average Bonchev–Trinajstić information content (AvgIpc) is 2.14. The second-order valence-corrected chi connectivity index (χ2v) is 4.22. The number of alkyl halides is 3. The van der Waals surface area contributed by atoms with Gasteiger partial charge >= 0.3 is 11.9 Å². The van der Waals surface area contributed by atoms with Crippen LogP contribution in [0.25, 0.3) is 0 Å². The number of halogens is 3. The smallest absolute Gasteiger partial charge is 0.285 e. The molecule has 1 N–H and O–H groups in total. The first kappa shape index (κ1) is 12.8. The Labute approximate surface area is 92.3 Å². The van der Waals surface area contributed by atoms with Crippen LogP contribution >= 0.6 is 0 Å². The Morgan fingerprint density at radius 1 is 1.19 bits per heavy atom. The third kappa shape index (κ3) is 2.65. The Bertz CT molecular complexity index is 374. The Morgan fingerprint density at radius 3 is 2.12 bits per heavy atom. The number of nitrogens with zero attached hydrogens (tertiary/aromatic N) is 1. The number of hydrogen-bond acceptors (Lipinski definition) is 1. The van der Waals surface area contributed by atoms with Gasteiger partial charge in [-0.25, -0.2) is 0 Å². The van der Waals surface area contributed by atoms with Gasteiger partial charge in [0.25, 0.3) is 0 Å². The van der Waals surface area contributed by atoms with Gasteiger partial charge < -0.3 is 0 Å². The van der Waals surface area contributed by atoms with Crippen LogP contribution in [0.5, 0.6) is 0 Å². The first-order valence-corrected chi connectivity index (χ1v) is 5.05. The van der Waals surface area contributed by atoms with E-state index in [0.29, 0.717) is 11.5 Å². The zero-order chi connectivity index (χ0) is 12.5. The fraction of sp³-hybridized carbons (Fsp3) is 0.545.